The molecule has 0 spiro atoms. The lowest BCUT2D eigenvalue weighted by molar-refractivity contribution is -0.130. The number of carbonyl (C=O) groups excluding carboxylic acids is 1. The average Bonchev–Trinajstić information content (AvgIpc) is 2.50. The summed E-state index contributed by atoms with van der Waals surface area (Å²) in [6, 6.07) is -0.0501. The molecule has 2 unspecified atom stereocenters. The van der Waals surface area contributed by atoms with Crippen LogP contribution in [0.3, 0.4) is 0 Å². The number of carbonyl (C=O) groups is 1. The molecule has 1 saturated heterocycles. The van der Waals surface area contributed by atoms with Gasteiger partial charge in [0.2, 0.25) is 5.91 Å². The van der Waals surface area contributed by atoms with Gasteiger partial charge in [-0.05, 0) is 6.42 Å². The van der Waals surface area contributed by atoms with E-state index in [1.165, 1.54) is 0 Å². The summed E-state index contributed by atoms with van der Waals surface area (Å²) in [6.07, 6.45) is 6.46. The van der Waals surface area contributed by atoms with Gasteiger partial charge < -0.3 is 10.0 Å². The first kappa shape index (κ1) is 10.1. The van der Waals surface area contributed by atoms with Crippen molar-refractivity contribution in [3.8, 4) is 12.3 Å². The first-order valence-corrected chi connectivity index (χ1v) is 4.59. The van der Waals surface area contributed by atoms with Crippen LogP contribution in [-0.2, 0) is 4.79 Å². The standard InChI is InChI=1S/C10H15NO2/c1-3-8-5-10(13)11(6-8)9(4-2)7-12/h1,8-9,12H,4-7H2,2H3. The lowest BCUT2D eigenvalue weighted by Crippen LogP contribution is -2.38. The van der Waals surface area contributed by atoms with Crippen molar-refractivity contribution in [2.24, 2.45) is 5.92 Å². The van der Waals surface area contributed by atoms with Gasteiger partial charge in [-0.2, -0.15) is 0 Å². The van der Waals surface area contributed by atoms with Gasteiger partial charge in [-0.3, -0.25) is 4.79 Å². The van der Waals surface area contributed by atoms with Gasteiger partial charge in [0.25, 0.3) is 0 Å². The minimum Gasteiger partial charge on any atom is -0.394 e. The molecule has 0 aliphatic carbocycles. The van der Waals surface area contributed by atoms with Gasteiger partial charge >= 0.3 is 0 Å². The summed E-state index contributed by atoms with van der Waals surface area (Å²) in [5, 5.41) is 9.02. The summed E-state index contributed by atoms with van der Waals surface area (Å²) < 4.78 is 0. The Kier molecular flexibility index (Phi) is 3.32. The van der Waals surface area contributed by atoms with Crippen LogP contribution in [0.4, 0.5) is 0 Å². The van der Waals surface area contributed by atoms with E-state index < -0.39 is 0 Å². The Morgan fingerprint density at radius 3 is 2.92 bits per heavy atom. The Bertz CT molecular complexity index is 228. The van der Waals surface area contributed by atoms with E-state index in [4.69, 9.17) is 11.5 Å². The number of hydrogen-bond acceptors (Lipinski definition) is 2. The van der Waals surface area contributed by atoms with Crippen LogP contribution in [0.15, 0.2) is 0 Å². The maximum absolute atomic E-state index is 11.4. The Morgan fingerprint density at radius 2 is 2.54 bits per heavy atom. The second-order valence-electron chi connectivity index (χ2n) is 3.36. The van der Waals surface area contributed by atoms with E-state index in [0.717, 1.165) is 6.42 Å². The van der Waals surface area contributed by atoms with Crippen LogP contribution in [0.5, 0.6) is 0 Å². The van der Waals surface area contributed by atoms with Gasteiger partial charge in [0.1, 0.15) is 0 Å². The Labute approximate surface area is 78.7 Å². The topological polar surface area (TPSA) is 40.5 Å². The Morgan fingerprint density at radius 1 is 1.85 bits per heavy atom. The van der Waals surface area contributed by atoms with Crippen LogP contribution >= 0.6 is 0 Å². The van der Waals surface area contributed by atoms with E-state index in [1.54, 1.807) is 4.90 Å². The zero-order chi connectivity index (χ0) is 9.84. The van der Waals surface area contributed by atoms with Crippen molar-refractivity contribution < 1.29 is 9.90 Å². The molecule has 0 aromatic rings. The normalized spacial score (nSPS) is 24.5. The largest absolute Gasteiger partial charge is 0.394 e. The lowest BCUT2D eigenvalue weighted by Gasteiger charge is -2.24. The molecule has 3 nitrogen and oxygen atoms in total. The van der Waals surface area contributed by atoms with Gasteiger partial charge in [-0.25, -0.2) is 0 Å². The summed E-state index contributed by atoms with van der Waals surface area (Å²) in [6.45, 7) is 2.59. The maximum Gasteiger partial charge on any atom is 0.224 e. The molecule has 1 aliphatic heterocycles. The lowest BCUT2D eigenvalue weighted by atomic mass is 10.1. The highest BCUT2D eigenvalue weighted by Crippen LogP contribution is 2.20. The zero-order valence-electron chi connectivity index (χ0n) is 7.86. The highest BCUT2D eigenvalue weighted by molar-refractivity contribution is 5.79. The van der Waals surface area contributed by atoms with E-state index in [-0.39, 0.29) is 24.5 Å². The number of nitrogens with zero attached hydrogens (tertiary/aromatic N) is 1. The highest BCUT2D eigenvalue weighted by atomic mass is 16.3. The number of aliphatic hydroxyl groups is 1. The molecule has 1 heterocycles. The van der Waals surface area contributed by atoms with Crippen LogP contribution in [0.25, 0.3) is 0 Å². The van der Waals surface area contributed by atoms with Crippen molar-refractivity contribution >= 4 is 5.91 Å². The number of rotatable bonds is 3. The molecule has 0 aromatic heterocycles. The molecular weight excluding hydrogens is 166 g/mol. The predicted molar refractivity (Wildman–Crippen MR) is 49.8 cm³/mol. The van der Waals surface area contributed by atoms with Crippen LogP contribution in [0.2, 0.25) is 0 Å². The molecular formula is C10H15NO2. The molecule has 0 aromatic carbocycles. The Hall–Kier alpha value is -1.01. The quantitative estimate of drug-likeness (QED) is 0.633. The van der Waals surface area contributed by atoms with Crippen molar-refractivity contribution in [1.29, 1.82) is 0 Å². The fraction of sp³-hybridized carbons (Fsp3) is 0.700. The molecule has 1 fully saturated rings. The Balaban J connectivity index is 2.62. The van der Waals surface area contributed by atoms with Crippen molar-refractivity contribution in [2.45, 2.75) is 25.8 Å². The number of amides is 1. The maximum atomic E-state index is 11.4. The summed E-state index contributed by atoms with van der Waals surface area (Å²) in [4.78, 5) is 13.1. The smallest absolute Gasteiger partial charge is 0.224 e. The molecule has 1 aliphatic rings. The number of likely N-dealkylation sites (tertiary alicyclic amines) is 1. The fourth-order valence-corrected chi connectivity index (χ4v) is 1.64. The third-order valence-corrected chi connectivity index (χ3v) is 2.52. The van der Waals surface area contributed by atoms with Crippen molar-refractivity contribution in [1.82, 2.24) is 4.90 Å². The first-order valence-electron chi connectivity index (χ1n) is 4.59. The van der Waals surface area contributed by atoms with E-state index >= 15 is 0 Å². The number of hydrogen-bond donors (Lipinski definition) is 1. The number of aliphatic hydroxyl groups excluding tert-OH is 1. The molecule has 0 bridgehead atoms. The molecule has 1 rings (SSSR count). The van der Waals surface area contributed by atoms with E-state index in [2.05, 4.69) is 5.92 Å². The molecule has 1 N–H and O–H groups in total. The minimum absolute atomic E-state index is 0.0273. The highest BCUT2D eigenvalue weighted by Gasteiger charge is 2.32. The number of terminal acetylenes is 1. The molecule has 1 amide bonds. The van der Waals surface area contributed by atoms with Gasteiger partial charge in [0.05, 0.1) is 12.6 Å². The van der Waals surface area contributed by atoms with E-state index in [9.17, 15) is 4.79 Å². The molecule has 0 radical (unpaired) electrons. The minimum atomic E-state index is -0.0501. The third kappa shape index (κ3) is 2.02. The summed E-state index contributed by atoms with van der Waals surface area (Å²) in [5.41, 5.74) is 0. The van der Waals surface area contributed by atoms with Crippen LogP contribution in [0.1, 0.15) is 19.8 Å². The molecule has 2 atom stereocenters. The molecule has 0 saturated carbocycles. The molecule has 3 heteroatoms. The fourth-order valence-electron chi connectivity index (χ4n) is 1.64. The van der Waals surface area contributed by atoms with E-state index in [0.29, 0.717) is 13.0 Å². The molecule has 72 valence electrons. The van der Waals surface area contributed by atoms with E-state index in [1.807, 2.05) is 6.92 Å². The van der Waals surface area contributed by atoms with Gasteiger partial charge in [0, 0.05) is 18.9 Å². The first-order chi connectivity index (χ1) is 6.22. The van der Waals surface area contributed by atoms with Gasteiger partial charge in [-0.1, -0.05) is 6.92 Å². The second kappa shape index (κ2) is 4.29. The van der Waals surface area contributed by atoms with Crippen molar-refractivity contribution in [2.75, 3.05) is 13.2 Å². The van der Waals surface area contributed by atoms with Crippen LogP contribution in [-0.4, -0.2) is 35.1 Å². The zero-order valence-corrected chi connectivity index (χ0v) is 7.86. The summed E-state index contributed by atoms with van der Waals surface area (Å²) in [7, 11) is 0. The second-order valence-corrected chi connectivity index (χ2v) is 3.36. The average molecular weight is 181 g/mol. The monoisotopic (exact) mass is 181 g/mol. The predicted octanol–water partition coefficient (Wildman–Crippen LogP) is 0.239. The van der Waals surface area contributed by atoms with Crippen LogP contribution < -0.4 is 0 Å². The van der Waals surface area contributed by atoms with Gasteiger partial charge in [-0.15, -0.1) is 12.3 Å². The molecule has 13 heavy (non-hydrogen) atoms. The van der Waals surface area contributed by atoms with Crippen molar-refractivity contribution in [3.05, 3.63) is 0 Å². The third-order valence-electron chi connectivity index (χ3n) is 2.52. The summed E-state index contributed by atoms with van der Waals surface area (Å²) in [5.74, 6) is 2.69. The van der Waals surface area contributed by atoms with Crippen molar-refractivity contribution in [3.63, 3.8) is 0 Å². The van der Waals surface area contributed by atoms with Crippen LogP contribution in [0, 0.1) is 18.3 Å². The SMILES string of the molecule is C#CC1CC(=O)N(C(CC)CO)C1. The van der Waals surface area contributed by atoms with Gasteiger partial charge in [0.15, 0.2) is 0 Å². The summed E-state index contributed by atoms with van der Waals surface area (Å²) >= 11 is 0.